The summed E-state index contributed by atoms with van der Waals surface area (Å²) in [6.45, 7) is 3.30. The van der Waals surface area contributed by atoms with Crippen molar-refractivity contribution in [2.75, 3.05) is 6.61 Å². The fourth-order valence-corrected chi connectivity index (χ4v) is 3.90. The van der Waals surface area contributed by atoms with Crippen molar-refractivity contribution in [2.45, 2.75) is 26.4 Å². The van der Waals surface area contributed by atoms with Gasteiger partial charge in [-0.1, -0.05) is 42.0 Å². The number of phenolic OH excluding ortho intramolecular Hbond substituents is 2. The average molecular weight is 472 g/mol. The van der Waals surface area contributed by atoms with Gasteiger partial charge in [0.25, 0.3) is 0 Å². The molecule has 1 aliphatic rings. The molecule has 0 bridgehead atoms. The van der Waals surface area contributed by atoms with Crippen LogP contribution < -0.4 is 4.74 Å². The number of aromatic hydroxyl groups is 2. The molecular formula is C28H24O7. The third-order valence-corrected chi connectivity index (χ3v) is 5.62. The van der Waals surface area contributed by atoms with E-state index in [9.17, 15) is 24.6 Å². The fourth-order valence-electron chi connectivity index (χ4n) is 3.90. The van der Waals surface area contributed by atoms with Crippen LogP contribution in [-0.2, 0) is 9.53 Å². The third-order valence-electron chi connectivity index (χ3n) is 5.62. The summed E-state index contributed by atoms with van der Waals surface area (Å²) in [5.74, 6) is -2.44. The van der Waals surface area contributed by atoms with E-state index in [1.54, 1.807) is 18.2 Å². The molecule has 35 heavy (non-hydrogen) atoms. The number of rotatable bonds is 7. The number of benzene rings is 3. The number of ketones is 2. The van der Waals surface area contributed by atoms with E-state index >= 15 is 0 Å². The van der Waals surface area contributed by atoms with Crippen LogP contribution in [0.2, 0.25) is 0 Å². The molecule has 4 rings (SSSR count). The maximum absolute atomic E-state index is 13.2. The van der Waals surface area contributed by atoms with Crippen LogP contribution in [0.3, 0.4) is 0 Å². The fraction of sp³-hybridized carbons (Fsp3) is 0.179. The standard InChI is InChI=1S/C28H24O7/c1-16(2)7-12-24(20-14-23(31)26-21(29)10-11-22(30)27(26)28(20)33)35-25(32)15-34-19-9-8-17-5-3-4-6-18(17)13-19/h3-11,13-14,24,29-30H,12,15H2,1-2H3/t24-/m1/s1. The monoisotopic (exact) mass is 472 g/mol. The summed E-state index contributed by atoms with van der Waals surface area (Å²) in [6.07, 6.45) is 1.89. The highest BCUT2D eigenvalue weighted by atomic mass is 16.6. The number of carbonyl (C=O) groups excluding carboxylic acids is 3. The van der Waals surface area contributed by atoms with E-state index < -0.39 is 41.7 Å². The molecule has 0 saturated carbocycles. The molecule has 1 aliphatic carbocycles. The smallest absolute Gasteiger partial charge is 0.344 e. The first-order chi connectivity index (χ1) is 16.7. The highest BCUT2D eigenvalue weighted by molar-refractivity contribution is 6.27. The Labute approximate surface area is 201 Å². The molecule has 0 heterocycles. The Balaban J connectivity index is 1.54. The second-order valence-corrected chi connectivity index (χ2v) is 8.44. The van der Waals surface area contributed by atoms with Gasteiger partial charge in [-0.2, -0.15) is 0 Å². The number of esters is 1. The number of hydrogen-bond donors (Lipinski definition) is 2. The second-order valence-electron chi connectivity index (χ2n) is 8.44. The van der Waals surface area contributed by atoms with E-state index in [4.69, 9.17) is 9.47 Å². The summed E-state index contributed by atoms with van der Waals surface area (Å²) >= 11 is 0. The van der Waals surface area contributed by atoms with Gasteiger partial charge in [-0.25, -0.2) is 4.79 Å². The molecule has 0 spiro atoms. The Kier molecular flexibility index (Phi) is 6.68. The molecule has 178 valence electrons. The number of ether oxygens (including phenoxy) is 2. The van der Waals surface area contributed by atoms with Gasteiger partial charge in [-0.3, -0.25) is 9.59 Å². The van der Waals surface area contributed by atoms with Crippen LogP contribution in [0.15, 0.2) is 77.9 Å². The lowest BCUT2D eigenvalue weighted by Gasteiger charge is -2.23. The van der Waals surface area contributed by atoms with Crippen LogP contribution in [0.4, 0.5) is 0 Å². The quantitative estimate of drug-likeness (QED) is 0.286. The minimum atomic E-state index is -1.08. The van der Waals surface area contributed by atoms with Crippen LogP contribution in [0.1, 0.15) is 41.0 Å². The summed E-state index contributed by atoms with van der Waals surface area (Å²) in [7, 11) is 0. The van der Waals surface area contributed by atoms with Crippen molar-refractivity contribution in [3.63, 3.8) is 0 Å². The van der Waals surface area contributed by atoms with Crippen LogP contribution >= 0.6 is 0 Å². The van der Waals surface area contributed by atoms with E-state index in [-0.39, 0.29) is 23.1 Å². The Bertz CT molecular complexity index is 1390. The van der Waals surface area contributed by atoms with Gasteiger partial charge in [-0.15, -0.1) is 0 Å². The number of Topliss-reactive ketones (excluding diaryl/α,β-unsaturated/α-hetero) is 1. The molecule has 0 unspecified atom stereocenters. The lowest BCUT2D eigenvalue weighted by molar-refractivity contribution is -0.149. The van der Waals surface area contributed by atoms with Crippen LogP contribution in [0, 0.1) is 0 Å². The van der Waals surface area contributed by atoms with Crippen LogP contribution in [0.25, 0.3) is 10.8 Å². The number of phenols is 2. The summed E-state index contributed by atoms with van der Waals surface area (Å²) in [5.41, 5.74) is 0.262. The van der Waals surface area contributed by atoms with E-state index in [2.05, 4.69) is 0 Å². The van der Waals surface area contributed by atoms with E-state index in [1.807, 2.05) is 44.2 Å². The largest absolute Gasteiger partial charge is 0.507 e. The first-order valence-corrected chi connectivity index (χ1v) is 11.0. The van der Waals surface area contributed by atoms with E-state index in [0.29, 0.717) is 5.75 Å². The Morgan fingerprint density at radius 2 is 1.63 bits per heavy atom. The van der Waals surface area contributed by atoms with Crippen molar-refractivity contribution in [3.8, 4) is 17.2 Å². The first-order valence-electron chi connectivity index (χ1n) is 11.0. The van der Waals surface area contributed by atoms with Crippen molar-refractivity contribution >= 4 is 28.3 Å². The van der Waals surface area contributed by atoms with Gasteiger partial charge in [0, 0.05) is 12.0 Å². The molecule has 1 atom stereocenters. The lowest BCUT2D eigenvalue weighted by Crippen LogP contribution is -2.30. The molecule has 3 aromatic carbocycles. The van der Waals surface area contributed by atoms with E-state index in [1.165, 1.54) is 0 Å². The molecule has 7 heteroatoms. The predicted molar refractivity (Wildman–Crippen MR) is 130 cm³/mol. The van der Waals surface area contributed by atoms with Crippen molar-refractivity contribution in [2.24, 2.45) is 0 Å². The van der Waals surface area contributed by atoms with Gasteiger partial charge in [0.1, 0.15) is 23.4 Å². The van der Waals surface area contributed by atoms with Crippen molar-refractivity contribution in [3.05, 3.63) is 89.0 Å². The predicted octanol–water partition coefficient (Wildman–Crippen LogP) is 4.90. The summed E-state index contributed by atoms with van der Waals surface area (Å²) in [4.78, 5) is 38.5. The Morgan fingerprint density at radius 3 is 2.34 bits per heavy atom. The highest BCUT2D eigenvalue weighted by Gasteiger charge is 2.35. The van der Waals surface area contributed by atoms with Gasteiger partial charge in [-0.05, 0) is 55.0 Å². The van der Waals surface area contributed by atoms with Crippen molar-refractivity contribution in [1.29, 1.82) is 0 Å². The number of hydrogen-bond acceptors (Lipinski definition) is 7. The number of allylic oxidation sites excluding steroid dienone is 2. The van der Waals surface area contributed by atoms with Crippen LogP contribution in [0.5, 0.6) is 17.2 Å². The van der Waals surface area contributed by atoms with Gasteiger partial charge in [0.15, 0.2) is 18.2 Å². The molecule has 0 aliphatic heterocycles. The first kappa shape index (κ1) is 23.8. The van der Waals surface area contributed by atoms with Crippen molar-refractivity contribution < 1.29 is 34.1 Å². The molecule has 0 saturated heterocycles. The van der Waals surface area contributed by atoms with Gasteiger partial charge < -0.3 is 19.7 Å². The number of fused-ring (bicyclic) bond motifs is 2. The third kappa shape index (κ3) is 5.09. The summed E-state index contributed by atoms with van der Waals surface area (Å²) in [6, 6.07) is 15.4. The molecular weight excluding hydrogens is 448 g/mol. The Morgan fingerprint density at radius 1 is 0.943 bits per heavy atom. The molecule has 2 N–H and O–H groups in total. The minimum absolute atomic E-state index is 0.0834. The van der Waals surface area contributed by atoms with Crippen LogP contribution in [-0.4, -0.2) is 40.5 Å². The normalized spacial score (nSPS) is 13.6. The zero-order chi connectivity index (χ0) is 25.1. The molecule has 7 nitrogen and oxygen atoms in total. The topological polar surface area (TPSA) is 110 Å². The van der Waals surface area contributed by atoms with Gasteiger partial charge in [0.2, 0.25) is 0 Å². The SMILES string of the molecule is CC(C)=CC[C@@H](OC(=O)COc1ccc2ccccc2c1)C1=CC(=O)c2c(O)ccc(O)c2C1=O. The lowest BCUT2D eigenvalue weighted by atomic mass is 9.85. The zero-order valence-corrected chi connectivity index (χ0v) is 19.3. The van der Waals surface area contributed by atoms with Crippen molar-refractivity contribution in [1.82, 2.24) is 0 Å². The minimum Gasteiger partial charge on any atom is -0.507 e. The van der Waals surface area contributed by atoms with Gasteiger partial charge >= 0.3 is 5.97 Å². The molecule has 0 radical (unpaired) electrons. The molecule has 3 aromatic rings. The van der Waals surface area contributed by atoms with Gasteiger partial charge in [0.05, 0.1) is 11.1 Å². The maximum atomic E-state index is 13.2. The van der Waals surface area contributed by atoms with E-state index in [0.717, 1.165) is 34.6 Å². The summed E-state index contributed by atoms with van der Waals surface area (Å²) < 4.78 is 11.2. The maximum Gasteiger partial charge on any atom is 0.344 e. The molecule has 0 amide bonds. The zero-order valence-electron chi connectivity index (χ0n) is 19.3. The number of carbonyl (C=O) groups is 3. The second kappa shape index (κ2) is 9.85. The highest BCUT2D eigenvalue weighted by Crippen LogP contribution is 2.36. The Hall–Kier alpha value is -4.39. The summed E-state index contributed by atoms with van der Waals surface area (Å²) in [5, 5.41) is 22.2. The average Bonchev–Trinajstić information content (AvgIpc) is 2.84. The molecule has 0 fully saturated rings. The molecule has 0 aromatic heterocycles.